The Hall–Kier alpha value is -1.61. The van der Waals surface area contributed by atoms with Crippen LogP contribution < -0.4 is 10.6 Å². The lowest BCUT2D eigenvalue weighted by Crippen LogP contribution is -2.51. The molecule has 2 aliphatic heterocycles. The van der Waals surface area contributed by atoms with E-state index in [2.05, 4.69) is 27.4 Å². The summed E-state index contributed by atoms with van der Waals surface area (Å²) in [5, 5.41) is 6.27. The highest BCUT2D eigenvalue weighted by atomic mass is 19.1. The zero-order valence-corrected chi connectivity index (χ0v) is 18.7. The van der Waals surface area contributed by atoms with Gasteiger partial charge in [0.1, 0.15) is 11.6 Å². The number of piperidine rings is 1. The lowest BCUT2D eigenvalue weighted by atomic mass is 10.0. The Balaban J connectivity index is 1.63. The summed E-state index contributed by atoms with van der Waals surface area (Å²) in [7, 11) is 1.61. The van der Waals surface area contributed by atoms with Crippen molar-refractivity contribution in [2.24, 2.45) is 0 Å². The van der Waals surface area contributed by atoms with Crippen molar-refractivity contribution in [3.05, 3.63) is 35.4 Å². The van der Waals surface area contributed by atoms with Gasteiger partial charge in [0, 0.05) is 44.4 Å². The van der Waals surface area contributed by atoms with Gasteiger partial charge in [0.25, 0.3) is 0 Å². The maximum Gasteiger partial charge on any atom is 0.237 e. The zero-order chi connectivity index (χ0) is 22.2. The van der Waals surface area contributed by atoms with Gasteiger partial charge < -0.3 is 20.3 Å². The second-order valence-electron chi connectivity index (χ2n) is 8.58. The van der Waals surface area contributed by atoms with E-state index in [0.29, 0.717) is 32.2 Å². The van der Waals surface area contributed by atoms with E-state index >= 15 is 0 Å². The van der Waals surface area contributed by atoms with Gasteiger partial charge in [0.15, 0.2) is 0 Å². The number of likely N-dealkylation sites (tertiary alicyclic amines) is 2. The second kappa shape index (κ2) is 11.9. The Labute approximate surface area is 184 Å². The number of carbonyl (C=O) groups is 1. The number of rotatable bonds is 10. The van der Waals surface area contributed by atoms with Crippen molar-refractivity contribution in [2.45, 2.75) is 57.3 Å². The summed E-state index contributed by atoms with van der Waals surface area (Å²) in [5.74, 6) is -1.08. The first-order chi connectivity index (χ1) is 15.0. The molecule has 3 rings (SSSR count). The van der Waals surface area contributed by atoms with Gasteiger partial charge in [-0.25, -0.2) is 8.78 Å². The minimum absolute atomic E-state index is 0.00542. The van der Waals surface area contributed by atoms with Crippen molar-refractivity contribution in [2.75, 3.05) is 46.4 Å². The predicted molar refractivity (Wildman–Crippen MR) is 117 cm³/mol. The van der Waals surface area contributed by atoms with Gasteiger partial charge in [0.05, 0.1) is 12.6 Å². The number of nitrogens with one attached hydrogen (secondary N) is 2. The normalized spacial score (nSPS) is 23.4. The fraction of sp³-hybridized carbons (Fsp3) is 0.696. The van der Waals surface area contributed by atoms with Crippen LogP contribution in [0.3, 0.4) is 0 Å². The van der Waals surface area contributed by atoms with E-state index in [0.717, 1.165) is 38.9 Å². The minimum Gasteiger partial charge on any atom is -0.383 e. The molecule has 8 heteroatoms. The molecule has 0 bridgehead atoms. The van der Waals surface area contributed by atoms with Crippen molar-refractivity contribution in [1.29, 1.82) is 0 Å². The van der Waals surface area contributed by atoms with E-state index in [1.165, 1.54) is 18.2 Å². The van der Waals surface area contributed by atoms with E-state index in [1.54, 1.807) is 7.11 Å². The summed E-state index contributed by atoms with van der Waals surface area (Å²) in [4.78, 5) is 17.7. The van der Waals surface area contributed by atoms with Crippen molar-refractivity contribution in [1.82, 2.24) is 20.4 Å². The first-order valence-corrected chi connectivity index (χ1v) is 11.4. The van der Waals surface area contributed by atoms with Crippen LogP contribution in [0.5, 0.6) is 0 Å². The van der Waals surface area contributed by atoms with Crippen LogP contribution in [0.25, 0.3) is 0 Å². The average Bonchev–Trinajstić information content (AvgIpc) is 3.19. The molecule has 174 valence electrons. The highest BCUT2D eigenvalue weighted by molar-refractivity contribution is 5.82. The summed E-state index contributed by atoms with van der Waals surface area (Å²) in [5.41, 5.74) is 0.0509. The third kappa shape index (κ3) is 6.44. The first kappa shape index (κ1) is 24.0. The van der Waals surface area contributed by atoms with E-state index in [1.807, 2.05) is 0 Å². The van der Waals surface area contributed by atoms with Gasteiger partial charge in [-0.1, -0.05) is 13.0 Å². The van der Waals surface area contributed by atoms with Gasteiger partial charge in [-0.2, -0.15) is 0 Å². The van der Waals surface area contributed by atoms with Gasteiger partial charge >= 0.3 is 0 Å². The fourth-order valence-corrected chi connectivity index (χ4v) is 4.80. The van der Waals surface area contributed by atoms with Crippen molar-refractivity contribution in [3.8, 4) is 0 Å². The number of amides is 1. The summed E-state index contributed by atoms with van der Waals surface area (Å²) in [6, 6.07) is 4.04. The molecule has 2 heterocycles. The van der Waals surface area contributed by atoms with Crippen molar-refractivity contribution in [3.63, 3.8) is 0 Å². The van der Waals surface area contributed by atoms with Crippen LogP contribution in [0.4, 0.5) is 8.78 Å². The molecule has 0 aliphatic carbocycles. The monoisotopic (exact) mass is 438 g/mol. The molecule has 1 aromatic rings. The molecule has 2 atom stereocenters. The highest BCUT2D eigenvalue weighted by Crippen LogP contribution is 2.27. The van der Waals surface area contributed by atoms with Crippen LogP contribution in [0.1, 0.15) is 38.2 Å². The summed E-state index contributed by atoms with van der Waals surface area (Å²) in [6.45, 7) is 7.18. The number of halogens is 2. The molecule has 1 amide bonds. The first-order valence-electron chi connectivity index (χ1n) is 11.4. The van der Waals surface area contributed by atoms with Crippen LogP contribution in [0, 0.1) is 11.6 Å². The van der Waals surface area contributed by atoms with Crippen LogP contribution in [-0.4, -0.2) is 80.3 Å². The maximum absolute atomic E-state index is 14.0. The number of methoxy groups -OCH3 is 1. The number of ether oxygens (including phenoxy) is 1. The molecular weight excluding hydrogens is 402 g/mol. The Morgan fingerprint density at radius 1 is 1.23 bits per heavy atom. The number of benzene rings is 1. The second-order valence-corrected chi connectivity index (χ2v) is 8.58. The molecule has 2 fully saturated rings. The Morgan fingerprint density at radius 2 is 1.94 bits per heavy atom. The third-order valence-corrected chi connectivity index (χ3v) is 6.44. The molecule has 1 aromatic carbocycles. The topological polar surface area (TPSA) is 56.8 Å². The van der Waals surface area contributed by atoms with Crippen LogP contribution in [0.15, 0.2) is 18.2 Å². The van der Waals surface area contributed by atoms with Gasteiger partial charge in [-0.05, 0) is 57.5 Å². The number of nitrogens with zero attached hydrogens (tertiary/aromatic N) is 2. The van der Waals surface area contributed by atoms with E-state index in [4.69, 9.17) is 4.74 Å². The van der Waals surface area contributed by atoms with Gasteiger partial charge in [0.2, 0.25) is 5.91 Å². The molecular formula is C23H36F2N4O2. The molecule has 0 unspecified atom stereocenters. The van der Waals surface area contributed by atoms with Gasteiger partial charge in [-0.3, -0.25) is 9.69 Å². The number of hydrogen-bond acceptors (Lipinski definition) is 5. The zero-order valence-electron chi connectivity index (χ0n) is 18.7. The lowest BCUT2D eigenvalue weighted by Gasteiger charge is -2.39. The third-order valence-electron chi connectivity index (χ3n) is 6.44. The smallest absolute Gasteiger partial charge is 0.237 e. The quantitative estimate of drug-likeness (QED) is 0.548. The molecule has 0 spiro atoms. The molecule has 6 nitrogen and oxygen atoms in total. The molecule has 0 aromatic heterocycles. The van der Waals surface area contributed by atoms with Crippen LogP contribution in [-0.2, 0) is 16.1 Å². The number of carbonyl (C=O) groups excluding carboxylic acids is 1. The van der Waals surface area contributed by atoms with Crippen molar-refractivity contribution < 1.29 is 18.3 Å². The minimum atomic E-state index is -0.542. The molecule has 2 N–H and O–H groups in total. The number of hydrogen-bond donors (Lipinski definition) is 2. The Morgan fingerprint density at radius 3 is 2.58 bits per heavy atom. The predicted octanol–water partition coefficient (Wildman–Crippen LogP) is 2.13. The molecule has 2 aliphatic rings. The SMILES string of the molecule is CCCN1CCC(N2C[C@H](NCc3c(F)cccc3F)C[C@H]2C(=O)NCCOC)CC1. The molecule has 31 heavy (non-hydrogen) atoms. The Bertz CT molecular complexity index is 693. The fourth-order valence-electron chi connectivity index (χ4n) is 4.80. The summed E-state index contributed by atoms with van der Waals surface area (Å²) < 4.78 is 33.0. The molecule has 0 saturated carbocycles. The van der Waals surface area contributed by atoms with Crippen LogP contribution in [0.2, 0.25) is 0 Å². The standard InChI is InChI=1S/C23H36F2N4O2/c1-3-10-28-11-7-18(8-12-28)29-16-17(14-22(29)23(30)26-9-13-31-2)27-15-19-20(24)5-4-6-21(19)25/h4-6,17-18,22,27H,3,7-16H2,1-2H3,(H,26,30)/t17-,22+/m1/s1. The van der Waals surface area contributed by atoms with E-state index in [9.17, 15) is 13.6 Å². The van der Waals surface area contributed by atoms with Gasteiger partial charge in [-0.15, -0.1) is 0 Å². The summed E-state index contributed by atoms with van der Waals surface area (Å²) in [6.07, 6.45) is 3.86. The average molecular weight is 439 g/mol. The molecule has 2 saturated heterocycles. The Kier molecular flexibility index (Phi) is 9.19. The van der Waals surface area contributed by atoms with E-state index < -0.39 is 11.6 Å². The van der Waals surface area contributed by atoms with E-state index in [-0.39, 0.29) is 30.1 Å². The lowest BCUT2D eigenvalue weighted by molar-refractivity contribution is -0.126. The summed E-state index contributed by atoms with van der Waals surface area (Å²) >= 11 is 0. The largest absolute Gasteiger partial charge is 0.383 e. The maximum atomic E-state index is 14.0. The molecule has 0 radical (unpaired) electrons. The van der Waals surface area contributed by atoms with Crippen LogP contribution >= 0.6 is 0 Å². The highest BCUT2D eigenvalue weighted by Gasteiger charge is 2.41. The van der Waals surface area contributed by atoms with Crippen molar-refractivity contribution >= 4 is 5.91 Å².